The molecule has 0 bridgehead atoms. The van der Waals surface area contributed by atoms with Crippen molar-refractivity contribution in [3.8, 4) is 0 Å². The van der Waals surface area contributed by atoms with Crippen LogP contribution < -0.4 is 0 Å². The highest BCUT2D eigenvalue weighted by molar-refractivity contribution is 6.60. The normalized spacial score (nSPS) is 12.3. The highest BCUT2D eigenvalue weighted by Gasteiger charge is 2.36. The lowest BCUT2D eigenvalue weighted by atomic mass is 10.2. The van der Waals surface area contributed by atoms with Gasteiger partial charge in [-0.15, -0.1) is 0 Å². The van der Waals surface area contributed by atoms with Crippen molar-refractivity contribution in [2.24, 2.45) is 0 Å². The fraction of sp³-hybridized carbons (Fsp3) is 1.00. The molecule has 0 spiro atoms. The van der Waals surface area contributed by atoms with Crippen LogP contribution in [0.4, 0.5) is 0 Å². The van der Waals surface area contributed by atoms with Gasteiger partial charge in [-0.1, -0.05) is 40.0 Å². The SMILES string of the molecule is CCCCCCN(CC)CO[Si](CC)(OC)OC. The van der Waals surface area contributed by atoms with Crippen molar-refractivity contribution in [3.63, 3.8) is 0 Å². The lowest BCUT2D eigenvalue weighted by Crippen LogP contribution is -2.46. The van der Waals surface area contributed by atoms with E-state index in [1.165, 1.54) is 25.7 Å². The van der Waals surface area contributed by atoms with Gasteiger partial charge in [0.1, 0.15) is 0 Å². The Hall–Kier alpha value is 0.0569. The van der Waals surface area contributed by atoms with E-state index in [2.05, 4.69) is 25.7 Å². The number of nitrogens with zero attached hydrogens (tertiary/aromatic N) is 1. The van der Waals surface area contributed by atoms with Gasteiger partial charge >= 0.3 is 8.80 Å². The van der Waals surface area contributed by atoms with Crippen LogP contribution in [0.3, 0.4) is 0 Å². The van der Waals surface area contributed by atoms with Gasteiger partial charge < -0.3 is 13.3 Å². The van der Waals surface area contributed by atoms with E-state index in [0.29, 0.717) is 6.73 Å². The average molecular weight is 277 g/mol. The van der Waals surface area contributed by atoms with Crippen LogP contribution in [0.2, 0.25) is 6.04 Å². The molecule has 0 atom stereocenters. The van der Waals surface area contributed by atoms with E-state index < -0.39 is 8.80 Å². The molecule has 0 aromatic rings. The van der Waals surface area contributed by atoms with Gasteiger partial charge in [0, 0.05) is 26.8 Å². The lowest BCUT2D eigenvalue weighted by molar-refractivity contribution is 0.0392. The number of rotatable bonds is 12. The molecule has 0 radical (unpaired) electrons. The van der Waals surface area contributed by atoms with Gasteiger partial charge in [-0.25, -0.2) is 0 Å². The first-order valence-electron chi connectivity index (χ1n) is 7.14. The molecule has 0 rings (SSSR count). The van der Waals surface area contributed by atoms with E-state index >= 15 is 0 Å². The van der Waals surface area contributed by atoms with Gasteiger partial charge in [-0.3, -0.25) is 4.90 Å². The molecule has 0 aliphatic carbocycles. The van der Waals surface area contributed by atoms with Gasteiger partial charge in [0.05, 0.1) is 6.73 Å². The lowest BCUT2D eigenvalue weighted by Gasteiger charge is -2.29. The van der Waals surface area contributed by atoms with Gasteiger partial charge in [0.15, 0.2) is 0 Å². The Balaban J connectivity index is 3.97. The summed E-state index contributed by atoms with van der Waals surface area (Å²) in [6.07, 6.45) is 5.15. The van der Waals surface area contributed by atoms with Crippen molar-refractivity contribution in [2.75, 3.05) is 34.0 Å². The molecule has 0 aromatic heterocycles. The summed E-state index contributed by atoms with van der Waals surface area (Å²) in [6, 6.07) is 0.813. The minimum atomic E-state index is -2.39. The smallest absolute Gasteiger partial charge is 0.377 e. The zero-order valence-corrected chi connectivity index (χ0v) is 13.8. The van der Waals surface area contributed by atoms with Crippen LogP contribution in [0.25, 0.3) is 0 Å². The monoisotopic (exact) mass is 277 g/mol. The molecule has 0 saturated carbocycles. The summed E-state index contributed by atoms with van der Waals surface area (Å²) >= 11 is 0. The highest BCUT2D eigenvalue weighted by Crippen LogP contribution is 2.13. The second-order valence-electron chi connectivity index (χ2n) is 4.49. The van der Waals surface area contributed by atoms with Gasteiger partial charge in [0.2, 0.25) is 0 Å². The molecule has 0 fully saturated rings. The largest absolute Gasteiger partial charge is 0.501 e. The molecule has 0 amide bonds. The Morgan fingerprint density at radius 1 is 0.944 bits per heavy atom. The Morgan fingerprint density at radius 3 is 2.06 bits per heavy atom. The summed E-state index contributed by atoms with van der Waals surface area (Å²) in [5.41, 5.74) is 0. The van der Waals surface area contributed by atoms with Crippen LogP contribution in [-0.4, -0.2) is 47.7 Å². The molecule has 0 heterocycles. The van der Waals surface area contributed by atoms with Crippen LogP contribution >= 0.6 is 0 Å². The van der Waals surface area contributed by atoms with Crippen molar-refractivity contribution >= 4 is 8.80 Å². The molecule has 18 heavy (non-hydrogen) atoms. The average Bonchev–Trinajstić information content (AvgIpc) is 2.43. The van der Waals surface area contributed by atoms with Crippen LogP contribution in [0.15, 0.2) is 0 Å². The van der Waals surface area contributed by atoms with Gasteiger partial charge in [-0.2, -0.15) is 0 Å². The van der Waals surface area contributed by atoms with Crippen LogP contribution in [0.5, 0.6) is 0 Å². The zero-order valence-electron chi connectivity index (χ0n) is 12.8. The van der Waals surface area contributed by atoms with E-state index in [-0.39, 0.29) is 0 Å². The topological polar surface area (TPSA) is 30.9 Å². The van der Waals surface area contributed by atoms with Crippen LogP contribution in [0, 0.1) is 0 Å². The number of hydrogen-bond acceptors (Lipinski definition) is 4. The molecule has 5 heteroatoms. The Labute approximate surface area is 114 Å². The molecule has 0 aliphatic heterocycles. The third-order valence-electron chi connectivity index (χ3n) is 3.30. The molecule has 110 valence electrons. The second-order valence-corrected chi connectivity index (χ2v) is 7.67. The van der Waals surface area contributed by atoms with E-state index in [0.717, 1.165) is 19.1 Å². The van der Waals surface area contributed by atoms with Crippen molar-refractivity contribution < 1.29 is 13.3 Å². The van der Waals surface area contributed by atoms with E-state index in [4.69, 9.17) is 13.3 Å². The minimum absolute atomic E-state index is 0.615. The summed E-state index contributed by atoms with van der Waals surface area (Å²) in [5.74, 6) is 0. The minimum Gasteiger partial charge on any atom is -0.377 e. The second kappa shape index (κ2) is 10.9. The predicted octanol–water partition coefficient (Wildman–Crippen LogP) is 3.11. The zero-order chi connectivity index (χ0) is 13.9. The standard InChI is InChI=1S/C13H31NO3Si/c1-6-9-10-11-12-14(7-2)13-17-18(8-3,15-4)16-5/h6-13H2,1-5H3. The van der Waals surface area contributed by atoms with Crippen molar-refractivity contribution in [1.29, 1.82) is 0 Å². The molecule has 0 saturated heterocycles. The molecular formula is C13H31NO3Si. The van der Waals surface area contributed by atoms with Gasteiger partial charge in [0.25, 0.3) is 0 Å². The summed E-state index contributed by atoms with van der Waals surface area (Å²) in [4.78, 5) is 2.31. The quantitative estimate of drug-likeness (QED) is 0.311. The number of unbranched alkanes of at least 4 members (excludes halogenated alkanes) is 3. The Kier molecular flexibility index (Phi) is 11.0. The van der Waals surface area contributed by atoms with Crippen molar-refractivity contribution in [1.82, 2.24) is 4.90 Å². The third kappa shape index (κ3) is 6.85. The number of hydrogen-bond donors (Lipinski definition) is 0. The molecule has 0 unspecified atom stereocenters. The Morgan fingerprint density at radius 2 is 1.61 bits per heavy atom. The van der Waals surface area contributed by atoms with E-state index in [1.54, 1.807) is 14.2 Å². The first kappa shape index (κ1) is 18.1. The summed E-state index contributed by atoms with van der Waals surface area (Å²) in [5, 5.41) is 0. The first-order chi connectivity index (χ1) is 8.67. The van der Waals surface area contributed by atoms with Crippen LogP contribution in [-0.2, 0) is 13.3 Å². The van der Waals surface area contributed by atoms with Crippen molar-refractivity contribution in [3.05, 3.63) is 0 Å². The molecule has 0 aliphatic rings. The summed E-state index contributed by atoms with van der Waals surface area (Å²) < 4.78 is 16.8. The highest BCUT2D eigenvalue weighted by atomic mass is 28.4. The predicted molar refractivity (Wildman–Crippen MR) is 77.6 cm³/mol. The maximum absolute atomic E-state index is 5.91. The van der Waals surface area contributed by atoms with Crippen molar-refractivity contribution in [2.45, 2.75) is 52.5 Å². The fourth-order valence-corrected chi connectivity index (χ4v) is 3.42. The Bertz CT molecular complexity index is 181. The van der Waals surface area contributed by atoms with Crippen LogP contribution in [0.1, 0.15) is 46.5 Å². The van der Waals surface area contributed by atoms with E-state index in [9.17, 15) is 0 Å². The molecule has 0 aromatic carbocycles. The van der Waals surface area contributed by atoms with E-state index in [1.807, 2.05) is 0 Å². The maximum Gasteiger partial charge on any atom is 0.501 e. The summed E-state index contributed by atoms with van der Waals surface area (Å²) in [6.45, 7) is 9.17. The molecule has 0 N–H and O–H groups in total. The first-order valence-corrected chi connectivity index (χ1v) is 9.07. The fourth-order valence-electron chi connectivity index (χ4n) is 1.86. The molecular weight excluding hydrogens is 246 g/mol. The molecule has 4 nitrogen and oxygen atoms in total. The third-order valence-corrected chi connectivity index (χ3v) is 5.98. The maximum atomic E-state index is 5.91. The summed E-state index contributed by atoms with van der Waals surface area (Å²) in [7, 11) is 0.962. The van der Waals surface area contributed by atoms with Gasteiger partial charge in [-0.05, 0) is 13.0 Å².